The van der Waals surface area contributed by atoms with Crippen molar-refractivity contribution < 1.29 is 9.32 Å². The Morgan fingerprint density at radius 3 is 3.04 bits per heavy atom. The Hall–Kier alpha value is -2.47. The van der Waals surface area contributed by atoms with Crippen LogP contribution in [0.25, 0.3) is 11.4 Å². The Bertz CT molecular complexity index is 904. The normalized spacial score (nSPS) is 17.2. The molecule has 3 aromatic rings. The van der Waals surface area contributed by atoms with Gasteiger partial charge >= 0.3 is 0 Å². The molecule has 1 amide bonds. The summed E-state index contributed by atoms with van der Waals surface area (Å²) < 4.78 is 5.49. The first-order valence-corrected chi connectivity index (χ1v) is 10.3. The number of hydrogen-bond acceptors (Lipinski definition) is 5. The molecule has 1 saturated heterocycles. The Morgan fingerprint density at radius 2 is 2.22 bits per heavy atom. The quantitative estimate of drug-likeness (QED) is 0.667. The lowest BCUT2D eigenvalue weighted by Gasteiger charge is -2.32. The first-order valence-electron chi connectivity index (χ1n) is 9.36. The van der Waals surface area contributed by atoms with Gasteiger partial charge in [0, 0.05) is 25.1 Å². The van der Waals surface area contributed by atoms with Gasteiger partial charge in [-0.15, -0.1) is 0 Å². The fraction of sp³-hybridized carbons (Fsp3) is 0.381. The Balaban J connectivity index is 1.38. The van der Waals surface area contributed by atoms with E-state index in [-0.39, 0.29) is 5.91 Å². The van der Waals surface area contributed by atoms with Crippen molar-refractivity contribution in [1.29, 1.82) is 0 Å². The van der Waals surface area contributed by atoms with E-state index in [4.69, 9.17) is 4.52 Å². The third-order valence-corrected chi connectivity index (χ3v) is 5.86. The standard InChI is InChI=1S/C21H23N3O2S/c1-15-5-2-3-7-18(15)21-22-19(26-23-21)11-16-6-4-9-24(13-16)20(25)12-17-8-10-27-14-17/h2-3,5,7-8,10,14,16H,4,6,9,11-13H2,1H3. The highest BCUT2D eigenvalue weighted by Gasteiger charge is 2.25. The van der Waals surface area contributed by atoms with Crippen LogP contribution in [0.2, 0.25) is 0 Å². The van der Waals surface area contributed by atoms with Gasteiger partial charge in [-0.3, -0.25) is 4.79 Å². The molecule has 0 bridgehead atoms. The second kappa shape index (κ2) is 8.05. The summed E-state index contributed by atoms with van der Waals surface area (Å²) in [6.45, 7) is 3.66. The van der Waals surface area contributed by atoms with Crippen LogP contribution in [0, 0.1) is 12.8 Å². The van der Waals surface area contributed by atoms with Gasteiger partial charge in [0.25, 0.3) is 0 Å². The number of rotatable bonds is 5. The SMILES string of the molecule is Cc1ccccc1-c1noc(CC2CCCN(C(=O)Cc3ccsc3)C2)n1. The predicted molar refractivity (Wildman–Crippen MR) is 106 cm³/mol. The number of aromatic nitrogens is 2. The van der Waals surface area contributed by atoms with Gasteiger partial charge in [0.1, 0.15) is 0 Å². The molecule has 2 aromatic heterocycles. The van der Waals surface area contributed by atoms with E-state index in [9.17, 15) is 4.79 Å². The summed E-state index contributed by atoms with van der Waals surface area (Å²) in [5.41, 5.74) is 3.24. The number of likely N-dealkylation sites (tertiary alicyclic amines) is 1. The fourth-order valence-corrected chi connectivity index (χ4v) is 4.32. The molecule has 0 aliphatic carbocycles. The number of thiophene rings is 1. The number of hydrogen-bond donors (Lipinski definition) is 0. The number of nitrogens with zero attached hydrogens (tertiary/aromatic N) is 3. The highest BCUT2D eigenvalue weighted by Crippen LogP contribution is 2.24. The van der Waals surface area contributed by atoms with Crippen LogP contribution in [0.5, 0.6) is 0 Å². The number of piperidine rings is 1. The van der Waals surface area contributed by atoms with E-state index in [2.05, 4.69) is 10.1 Å². The maximum Gasteiger partial charge on any atom is 0.227 e. The van der Waals surface area contributed by atoms with E-state index >= 15 is 0 Å². The Labute approximate surface area is 163 Å². The minimum atomic E-state index is 0.212. The maximum absolute atomic E-state index is 12.6. The molecule has 3 heterocycles. The lowest BCUT2D eigenvalue weighted by molar-refractivity contribution is -0.132. The van der Waals surface area contributed by atoms with Crippen molar-refractivity contribution in [3.05, 3.63) is 58.1 Å². The van der Waals surface area contributed by atoms with Gasteiger partial charge < -0.3 is 9.42 Å². The zero-order valence-electron chi connectivity index (χ0n) is 15.4. The summed E-state index contributed by atoms with van der Waals surface area (Å²) in [5, 5.41) is 8.21. The summed E-state index contributed by atoms with van der Waals surface area (Å²) in [4.78, 5) is 19.1. The van der Waals surface area contributed by atoms with Crippen molar-refractivity contribution in [2.24, 2.45) is 5.92 Å². The molecule has 5 nitrogen and oxygen atoms in total. The van der Waals surface area contributed by atoms with Gasteiger partial charge in [0.05, 0.1) is 6.42 Å². The second-order valence-electron chi connectivity index (χ2n) is 7.19. The minimum Gasteiger partial charge on any atom is -0.342 e. The summed E-state index contributed by atoms with van der Waals surface area (Å²) in [7, 11) is 0. The molecule has 0 radical (unpaired) electrons. The summed E-state index contributed by atoms with van der Waals surface area (Å²) >= 11 is 1.63. The van der Waals surface area contributed by atoms with Gasteiger partial charge in [0.2, 0.25) is 17.6 Å². The van der Waals surface area contributed by atoms with Gasteiger partial charge in [-0.05, 0) is 53.6 Å². The van der Waals surface area contributed by atoms with E-state index in [1.807, 2.05) is 52.9 Å². The summed E-state index contributed by atoms with van der Waals surface area (Å²) in [6.07, 6.45) is 3.33. The first-order chi connectivity index (χ1) is 13.2. The molecule has 27 heavy (non-hydrogen) atoms. The van der Waals surface area contributed by atoms with E-state index in [0.29, 0.717) is 24.1 Å². The highest BCUT2D eigenvalue weighted by atomic mass is 32.1. The van der Waals surface area contributed by atoms with Gasteiger partial charge in [-0.25, -0.2) is 0 Å². The highest BCUT2D eigenvalue weighted by molar-refractivity contribution is 7.08. The van der Waals surface area contributed by atoms with Crippen molar-refractivity contribution in [1.82, 2.24) is 15.0 Å². The Kier molecular flexibility index (Phi) is 5.34. The molecule has 1 aliphatic heterocycles. The predicted octanol–water partition coefficient (Wildman–Crippen LogP) is 4.13. The molecule has 0 spiro atoms. The van der Waals surface area contributed by atoms with Crippen molar-refractivity contribution in [3.63, 3.8) is 0 Å². The van der Waals surface area contributed by atoms with Gasteiger partial charge in [-0.1, -0.05) is 29.4 Å². The van der Waals surface area contributed by atoms with Crippen LogP contribution in [0.1, 0.15) is 29.9 Å². The molecule has 6 heteroatoms. The minimum absolute atomic E-state index is 0.212. The zero-order valence-corrected chi connectivity index (χ0v) is 16.2. The fourth-order valence-electron chi connectivity index (χ4n) is 3.66. The van der Waals surface area contributed by atoms with Crippen LogP contribution in [0.15, 0.2) is 45.6 Å². The smallest absolute Gasteiger partial charge is 0.227 e. The van der Waals surface area contributed by atoms with Gasteiger partial charge in [-0.2, -0.15) is 16.3 Å². The summed E-state index contributed by atoms with van der Waals surface area (Å²) in [5.74, 6) is 1.88. The van der Waals surface area contributed by atoms with E-state index in [0.717, 1.165) is 49.0 Å². The molecule has 1 aromatic carbocycles. The van der Waals surface area contributed by atoms with E-state index < -0.39 is 0 Å². The van der Waals surface area contributed by atoms with Crippen LogP contribution in [0.3, 0.4) is 0 Å². The molecule has 0 saturated carbocycles. The lowest BCUT2D eigenvalue weighted by Crippen LogP contribution is -2.41. The van der Waals surface area contributed by atoms with E-state index in [1.54, 1.807) is 11.3 Å². The molecular formula is C21H23N3O2S. The Morgan fingerprint density at radius 1 is 1.33 bits per heavy atom. The number of carbonyl (C=O) groups is 1. The second-order valence-corrected chi connectivity index (χ2v) is 7.97. The average molecular weight is 382 g/mol. The van der Waals surface area contributed by atoms with Crippen LogP contribution in [0.4, 0.5) is 0 Å². The average Bonchev–Trinajstić information content (AvgIpc) is 3.34. The van der Waals surface area contributed by atoms with Gasteiger partial charge in [0.15, 0.2) is 0 Å². The van der Waals surface area contributed by atoms with Crippen molar-refractivity contribution >= 4 is 17.2 Å². The van der Waals surface area contributed by atoms with Crippen molar-refractivity contribution in [2.45, 2.75) is 32.6 Å². The van der Waals surface area contributed by atoms with Crippen LogP contribution < -0.4 is 0 Å². The third kappa shape index (κ3) is 4.27. The van der Waals surface area contributed by atoms with Crippen LogP contribution in [-0.4, -0.2) is 34.0 Å². The molecule has 1 atom stereocenters. The van der Waals surface area contributed by atoms with Crippen molar-refractivity contribution in [3.8, 4) is 11.4 Å². The largest absolute Gasteiger partial charge is 0.342 e. The monoisotopic (exact) mass is 381 g/mol. The molecule has 0 N–H and O–H groups in total. The lowest BCUT2D eigenvalue weighted by atomic mass is 9.94. The molecule has 1 unspecified atom stereocenters. The van der Waals surface area contributed by atoms with Crippen molar-refractivity contribution in [2.75, 3.05) is 13.1 Å². The molecule has 1 fully saturated rings. The zero-order chi connectivity index (χ0) is 18.6. The molecular weight excluding hydrogens is 358 g/mol. The molecule has 4 rings (SSSR count). The maximum atomic E-state index is 12.6. The number of benzene rings is 1. The number of aryl methyl sites for hydroxylation is 1. The topological polar surface area (TPSA) is 59.2 Å². The van der Waals surface area contributed by atoms with Crippen LogP contribution >= 0.6 is 11.3 Å². The number of carbonyl (C=O) groups excluding carboxylic acids is 1. The molecule has 140 valence electrons. The molecule has 1 aliphatic rings. The first kappa shape index (κ1) is 17.9. The van der Waals surface area contributed by atoms with E-state index in [1.165, 1.54) is 0 Å². The summed E-state index contributed by atoms with van der Waals surface area (Å²) in [6, 6.07) is 10.1. The van der Waals surface area contributed by atoms with Crippen LogP contribution in [-0.2, 0) is 17.6 Å². The number of amides is 1. The third-order valence-electron chi connectivity index (χ3n) is 5.12.